The molecule has 1 aliphatic heterocycles. The van der Waals surface area contributed by atoms with Gasteiger partial charge in [-0.2, -0.15) is 24.9 Å². The lowest BCUT2D eigenvalue weighted by molar-refractivity contribution is -0.162. The Labute approximate surface area is 90.0 Å². The van der Waals surface area contributed by atoms with Crippen LogP contribution in [0.2, 0.25) is 0 Å². The summed E-state index contributed by atoms with van der Waals surface area (Å²) in [6, 6.07) is -2.41. The highest BCUT2D eigenvalue weighted by Gasteiger charge is 2.42. The third kappa shape index (κ3) is 3.90. The Morgan fingerprint density at radius 3 is 2.73 bits per heavy atom. The van der Waals surface area contributed by atoms with Crippen LogP contribution in [0.25, 0.3) is 0 Å². The number of alkyl halides is 3. The maximum absolute atomic E-state index is 12.0. The number of carbonyl (C=O) groups excluding carboxylic acids is 1. The fourth-order valence-corrected chi connectivity index (χ4v) is 2.48. The summed E-state index contributed by atoms with van der Waals surface area (Å²) in [6.07, 6.45) is -2.67. The second-order valence-electron chi connectivity index (χ2n) is 3.40. The molecule has 1 saturated heterocycles. The molecule has 1 heterocycles. The number of amides is 1. The van der Waals surface area contributed by atoms with Crippen LogP contribution in [0.5, 0.6) is 0 Å². The van der Waals surface area contributed by atoms with Gasteiger partial charge in [-0.1, -0.05) is 0 Å². The summed E-state index contributed by atoms with van der Waals surface area (Å²) in [7, 11) is 0. The molecule has 0 radical (unpaired) electrons. The molecule has 3 N–H and O–H groups in total. The maximum Gasteiger partial charge on any atom is 0.412 e. The van der Waals surface area contributed by atoms with Crippen LogP contribution in [-0.4, -0.2) is 35.7 Å². The Hall–Kier alpha value is -0.430. The standard InChI is InChI=1S/C8H13F3N2OS/c9-8(10,11)6(12)7(14)13-4-5-2-1-3-15-5/h5-6H,1-4,12H2,(H,13,14). The lowest BCUT2D eigenvalue weighted by Gasteiger charge is -2.16. The van der Waals surface area contributed by atoms with Crippen LogP contribution < -0.4 is 11.1 Å². The number of halogens is 3. The fourth-order valence-electron chi connectivity index (χ4n) is 1.28. The summed E-state index contributed by atoms with van der Waals surface area (Å²) in [6.45, 7) is 0.271. The molecule has 88 valence electrons. The highest BCUT2D eigenvalue weighted by molar-refractivity contribution is 8.00. The van der Waals surface area contributed by atoms with E-state index >= 15 is 0 Å². The topological polar surface area (TPSA) is 55.1 Å². The minimum atomic E-state index is -4.66. The van der Waals surface area contributed by atoms with Crippen LogP contribution in [0.4, 0.5) is 13.2 Å². The molecule has 2 atom stereocenters. The van der Waals surface area contributed by atoms with Crippen molar-refractivity contribution in [2.45, 2.75) is 30.3 Å². The summed E-state index contributed by atoms with van der Waals surface area (Å²) >= 11 is 1.67. The Morgan fingerprint density at radius 1 is 1.60 bits per heavy atom. The third-order valence-corrected chi connectivity index (χ3v) is 3.56. The molecule has 2 unspecified atom stereocenters. The number of nitrogens with one attached hydrogen (secondary N) is 1. The molecule has 0 bridgehead atoms. The van der Waals surface area contributed by atoms with Gasteiger partial charge < -0.3 is 11.1 Å². The molecule has 1 amide bonds. The van der Waals surface area contributed by atoms with Crippen LogP contribution >= 0.6 is 11.8 Å². The minimum Gasteiger partial charge on any atom is -0.353 e. The van der Waals surface area contributed by atoms with Crippen molar-refractivity contribution in [1.82, 2.24) is 5.32 Å². The number of hydrogen-bond acceptors (Lipinski definition) is 3. The van der Waals surface area contributed by atoms with E-state index in [2.05, 4.69) is 5.32 Å². The first kappa shape index (κ1) is 12.6. The molecule has 0 spiro atoms. The van der Waals surface area contributed by atoms with E-state index in [9.17, 15) is 18.0 Å². The molecule has 0 aromatic carbocycles. The van der Waals surface area contributed by atoms with E-state index in [0.717, 1.165) is 18.6 Å². The lowest BCUT2D eigenvalue weighted by Crippen LogP contribution is -2.51. The van der Waals surface area contributed by atoms with E-state index in [-0.39, 0.29) is 11.8 Å². The predicted octanol–water partition coefficient (Wildman–Crippen LogP) is 0.888. The van der Waals surface area contributed by atoms with E-state index in [1.165, 1.54) is 0 Å². The van der Waals surface area contributed by atoms with Crippen molar-refractivity contribution in [2.24, 2.45) is 5.73 Å². The number of nitrogens with two attached hydrogens (primary N) is 1. The number of thioether (sulfide) groups is 1. The van der Waals surface area contributed by atoms with Gasteiger partial charge in [-0.25, -0.2) is 0 Å². The van der Waals surface area contributed by atoms with E-state index < -0.39 is 18.1 Å². The first-order valence-electron chi connectivity index (χ1n) is 4.63. The second-order valence-corrected chi connectivity index (χ2v) is 4.81. The Balaban J connectivity index is 2.29. The highest BCUT2D eigenvalue weighted by Crippen LogP contribution is 2.25. The first-order chi connectivity index (χ1) is 6.91. The van der Waals surface area contributed by atoms with Gasteiger partial charge in [0, 0.05) is 11.8 Å². The molecule has 0 aliphatic carbocycles. The molecule has 0 aromatic heterocycles. The molecule has 1 rings (SSSR count). The van der Waals surface area contributed by atoms with E-state index in [1.54, 1.807) is 11.8 Å². The van der Waals surface area contributed by atoms with Crippen LogP contribution in [-0.2, 0) is 4.79 Å². The van der Waals surface area contributed by atoms with Gasteiger partial charge in [0.2, 0.25) is 5.91 Å². The maximum atomic E-state index is 12.0. The largest absolute Gasteiger partial charge is 0.412 e. The van der Waals surface area contributed by atoms with Gasteiger partial charge in [0.15, 0.2) is 6.04 Å². The minimum absolute atomic E-state index is 0.231. The van der Waals surface area contributed by atoms with Crippen molar-refractivity contribution < 1.29 is 18.0 Å². The van der Waals surface area contributed by atoms with Gasteiger partial charge in [-0.3, -0.25) is 4.79 Å². The van der Waals surface area contributed by atoms with E-state index in [4.69, 9.17) is 5.73 Å². The zero-order valence-corrected chi connectivity index (χ0v) is 8.83. The Morgan fingerprint density at radius 2 is 2.27 bits per heavy atom. The van der Waals surface area contributed by atoms with Crippen molar-refractivity contribution in [3.8, 4) is 0 Å². The van der Waals surface area contributed by atoms with Crippen molar-refractivity contribution >= 4 is 17.7 Å². The van der Waals surface area contributed by atoms with Crippen molar-refractivity contribution in [2.75, 3.05) is 12.3 Å². The normalized spacial score (nSPS) is 23.9. The van der Waals surface area contributed by atoms with Gasteiger partial charge in [0.05, 0.1) is 0 Å². The lowest BCUT2D eigenvalue weighted by atomic mass is 10.2. The summed E-state index contributed by atoms with van der Waals surface area (Å²) < 4.78 is 36.0. The molecular formula is C8H13F3N2OS. The SMILES string of the molecule is NC(C(=O)NCC1CCCS1)C(F)(F)F. The van der Waals surface area contributed by atoms with Crippen LogP contribution in [0.15, 0.2) is 0 Å². The quantitative estimate of drug-likeness (QED) is 0.772. The summed E-state index contributed by atoms with van der Waals surface area (Å²) in [5.41, 5.74) is 4.74. The number of carbonyl (C=O) groups is 1. The zero-order chi connectivity index (χ0) is 11.5. The van der Waals surface area contributed by atoms with Crippen molar-refractivity contribution in [3.05, 3.63) is 0 Å². The first-order valence-corrected chi connectivity index (χ1v) is 5.67. The summed E-state index contributed by atoms with van der Waals surface area (Å²) in [4.78, 5) is 11.0. The smallest absolute Gasteiger partial charge is 0.353 e. The third-order valence-electron chi connectivity index (χ3n) is 2.16. The van der Waals surface area contributed by atoms with Gasteiger partial charge in [0.1, 0.15) is 0 Å². The molecule has 3 nitrogen and oxygen atoms in total. The molecule has 1 aliphatic rings. The van der Waals surface area contributed by atoms with E-state index in [0.29, 0.717) is 0 Å². The van der Waals surface area contributed by atoms with Gasteiger partial charge in [0.25, 0.3) is 0 Å². The van der Waals surface area contributed by atoms with Crippen LogP contribution in [0.3, 0.4) is 0 Å². The average molecular weight is 242 g/mol. The second kappa shape index (κ2) is 5.07. The molecule has 0 saturated carbocycles. The van der Waals surface area contributed by atoms with Crippen molar-refractivity contribution in [1.29, 1.82) is 0 Å². The molecular weight excluding hydrogens is 229 g/mol. The predicted molar refractivity (Wildman–Crippen MR) is 52.5 cm³/mol. The number of hydrogen-bond donors (Lipinski definition) is 2. The summed E-state index contributed by atoms with van der Waals surface area (Å²) in [5, 5.41) is 2.46. The van der Waals surface area contributed by atoms with E-state index in [1.807, 2.05) is 0 Å². The van der Waals surface area contributed by atoms with Gasteiger partial charge in [-0.15, -0.1) is 0 Å². The van der Waals surface area contributed by atoms with Crippen molar-refractivity contribution in [3.63, 3.8) is 0 Å². The monoisotopic (exact) mass is 242 g/mol. The molecule has 0 aromatic rings. The number of rotatable bonds is 3. The van der Waals surface area contributed by atoms with Crippen LogP contribution in [0, 0.1) is 0 Å². The van der Waals surface area contributed by atoms with Crippen LogP contribution in [0.1, 0.15) is 12.8 Å². The van der Waals surface area contributed by atoms with Gasteiger partial charge in [-0.05, 0) is 18.6 Å². The Kier molecular flexibility index (Phi) is 4.27. The highest BCUT2D eigenvalue weighted by atomic mass is 32.2. The van der Waals surface area contributed by atoms with Gasteiger partial charge >= 0.3 is 6.18 Å². The zero-order valence-electron chi connectivity index (χ0n) is 8.01. The molecule has 1 fully saturated rings. The molecule has 15 heavy (non-hydrogen) atoms. The average Bonchev–Trinajstić information content (AvgIpc) is 2.63. The summed E-state index contributed by atoms with van der Waals surface area (Å²) in [5.74, 6) is -0.138. The molecule has 7 heteroatoms. The fraction of sp³-hybridized carbons (Fsp3) is 0.875. The Bertz CT molecular complexity index is 228.